The molecule has 3 rings (SSSR count). The Hall–Kier alpha value is -2.33. The summed E-state index contributed by atoms with van der Waals surface area (Å²) in [4.78, 5) is 26.3. The van der Waals surface area contributed by atoms with E-state index in [1.807, 2.05) is 31.2 Å². The van der Waals surface area contributed by atoms with Crippen molar-refractivity contribution in [1.29, 1.82) is 0 Å². The van der Waals surface area contributed by atoms with Crippen LogP contribution in [0.5, 0.6) is 5.75 Å². The van der Waals surface area contributed by atoms with E-state index in [9.17, 15) is 9.59 Å². The van der Waals surface area contributed by atoms with E-state index in [4.69, 9.17) is 4.74 Å². The van der Waals surface area contributed by atoms with Gasteiger partial charge in [-0.1, -0.05) is 35.5 Å². The van der Waals surface area contributed by atoms with Crippen LogP contribution < -0.4 is 4.74 Å². The average Bonchev–Trinajstić information content (AvgIpc) is 2.53. The largest absolute Gasteiger partial charge is 0.496 e. The van der Waals surface area contributed by atoms with Crippen LogP contribution in [-0.4, -0.2) is 18.7 Å². The number of methoxy groups -OCH3 is 1. The summed E-state index contributed by atoms with van der Waals surface area (Å²) in [7, 11) is 1.49. The smallest absolute Gasteiger partial charge is 0.200 e. The summed E-state index contributed by atoms with van der Waals surface area (Å²) in [6.07, 6.45) is 1.40. The number of benzene rings is 2. The number of hydrogen-bond acceptors (Lipinski definition) is 4. The fourth-order valence-corrected chi connectivity index (χ4v) is 3.24. The Balaban J connectivity index is 1.97. The van der Waals surface area contributed by atoms with Gasteiger partial charge >= 0.3 is 0 Å². The van der Waals surface area contributed by atoms with Crippen molar-refractivity contribution in [1.82, 2.24) is 0 Å². The molecule has 3 nitrogen and oxygen atoms in total. The number of carbonyl (C=O) groups is 2. The fourth-order valence-electron chi connectivity index (χ4n) is 2.34. The highest BCUT2D eigenvalue weighted by Gasteiger charge is 2.28. The van der Waals surface area contributed by atoms with Crippen molar-refractivity contribution in [3.8, 4) is 5.75 Å². The minimum absolute atomic E-state index is 0.140. The Bertz CT molecular complexity index is 788. The quantitative estimate of drug-likeness (QED) is 0.857. The molecule has 0 saturated carbocycles. The summed E-state index contributed by atoms with van der Waals surface area (Å²) in [5, 5.41) is 0. The molecule has 0 bridgehead atoms. The molecule has 0 aromatic heterocycles. The van der Waals surface area contributed by atoms with Crippen LogP contribution in [0.15, 0.2) is 58.3 Å². The molecule has 0 fully saturated rings. The van der Waals surface area contributed by atoms with Crippen LogP contribution >= 0.6 is 11.8 Å². The minimum atomic E-state index is -0.193. The highest BCUT2D eigenvalue weighted by molar-refractivity contribution is 8.04. The molecule has 1 aliphatic carbocycles. The molecule has 110 valence electrons. The first-order valence-electron chi connectivity index (χ1n) is 6.82. The van der Waals surface area contributed by atoms with Gasteiger partial charge in [0.15, 0.2) is 5.78 Å². The van der Waals surface area contributed by atoms with E-state index in [0.717, 1.165) is 10.5 Å². The normalized spacial score (nSPS) is 13.6. The van der Waals surface area contributed by atoms with Gasteiger partial charge in [0.05, 0.1) is 17.6 Å². The predicted molar refractivity (Wildman–Crippen MR) is 86.8 cm³/mol. The zero-order valence-electron chi connectivity index (χ0n) is 12.3. The van der Waals surface area contributed by atoms with Crippen molar-refractivity contribution in [2.24, 2.45) is 0 Å². The lowest BCUT2D eigenvalue weighted by Gasteiger charge is -2.17. The van der Waals surface area contributed by atoms with Crippen molar-refractivity contribution in [2.75, 3.05) is 7.11 Å². The highest BCUT2D eigenvalue weighted by Crippen LogP contribution is 2.36. The molecule has 2 aromatic carbocycles. The van der Waals surface area contributed by atoms with E-state index >= 15 is 0 Å². The number of Topliss-reactive ketones (excluding diaryl/α,β-unsaturated/α-hetero) is 1. The van der Waals surface area contributed by atoms with Gasteiger partial charge < -0.3 is 4.74 Å². The molecule has 0 heterocycles. The van der Waals surface area contributed by atoms with E-state index in [2.05, 4.69) is 0 Å². The molecule has 2 aromatic rings. The first kappa shape index (κ1) is 14.6. The van der Waals surface area contributed by atoms with Crippen LogP contribution in [0.1, 0.15) is 26.3 Å². The maximum absolute atomic E-state index is 12.6. The minimum Gasteiger partial charge on any atom is -0.496 e. The molecule has 0 spiro atoms. The molecule has 0 amide bonds. The van der Waals surface area contributed by atoms with Crippen LogP contribution in [0.2, 0.25) is 0 Å². The van der Waals surface area contributed by atoms with Gasteiger partial charge in [-0.2, -0.15) is 0 Å². The van der Waals surface area contributed by atoms with Crippen molar-refractivity contribution in [3.05, 3.63) is 70.1 Å². The monoisotopic (exact) mass is 310 g/mol. The van der Waals surface area contributed by atoms with Crippen molar-refractivity contribution in [3.63, 3.8) is 0 Å². The van der Waals surface area contributed by atoms with Gasteiger partial charge in [0, 0.05) is 16.5 Å². The summed E-state index contributed by atoms with van der Waals surface area (Å²) in [6.45, 7) is 2.01. The van der Waals surface area contributed by atoms with E-state index < -0.39 is 0 Å². The molecule has 0 saturated heterocycles. The van der Waals surface area contributed by atoms with Gasteiger partial charge in [-0.3, -0.25) is 9.59 Å². The molecule has 0 N–H and O–H groups in total. The zero-order valence-corrected chi connectivity index (χ0v) is 13.1. The number of rotatable bonds is 3. The molecular weight excluding hydrogens is 296 g/mol. The van der Waals surface area contributed by atoms with Crippen LogP contribution in [0.4, 0.5) is 0 Å². The number of ketones is 2. The summed E-state index contributed by atoms with van der Waals surface area (Å²) < 4.78 is 5.19. The third-order valence-corrected chi connectivity index (χ3v) is 4.50. The Morgan fingerprint density at radius 3 is 2.41 bits per heavy atom. The Morgan fingerprint density at radius 2 is 1.73 bits per heavy atom. The number of aryl methyl sites for hydroxylation is 1. The summed E-state index contributed by atoms with van der Waals surface area (Å²) in [5.41, 5.74) is 1.91. The van der Waals surface area contributed by atoms with Crippen molar-refractivity contribution < 1.29 is 14.3 Å². The van der Waals surface area contributed by atoms with E-state index in [1.54, 1.807) is 18.2 Å². The predicted octanol–water partition coefficient (Wildman–Crippen LogP) is 4.06. The molecule has 0 radical (unpaired) electrons. The number of carbonyl (C=O) groups excluding carboxylic acids is 2. The van der Waals surface area contributed by atoms with Gasteiger partial charge in [0.25, 0.3) is 0 Å². The summed E-state index contributed by atoms with van der Waals surface area (Å²) in [5.74, 6) is 0.104. The molecule has 0 aliphatic heterocycles. The molecule has 22 heavy (non-hydrogen) atoms. The standard InChI is InChI=1S/C18H14O3S/c1-11-6-8-12(9-7-11)22-16-10-14(19)17-13(18(16)20)4-3-5-15(17)21-2/h3-10H,1-2H3. The van der Waals surface area contributed by atoms with E-state index in [1.165, 1.54) is 24.9 Å². The number of fused-ring (bicyclic) bond motifs is 1. The van der Waals surface area contributed by atoms with Crippen LogP contribution in [0.3, 0.4) is 0 Å². The summed E-state index contributed by atoms with van der Waals surface area (Å²) >= 11 is 1.31. The number of allylic oxidation sites excluding steroid dienone is 2. The second-order valence-electron chi connectivity index (χ2n) is 5.00. The number of thioether (sulfide) groups is 1. The number of hydrogen-bond donors (Lipinski definition) is 0. The molecule has 0 atom stereocenters. The first-order chi connectivity index (χ1) is 10.6. The fraction of sp³-hybridized carbons (Fsp3) is 0.111. The second kappa shape index (κ2) is 5.81. The Kier molecular flexibility index (Phi) is 3.86. The third kappa shape index (κ3) is 2.57. The lowest BCUT2D eigenvalue weighted by Crippen LogP contribution is -2.16. The van der Waals surface area contributed by atoms with E-state index in [0.29, 0.717) is 21.8 Å². The van der Waals surface area contributed by atoms with Crippen molar-refractivity contribution >= 4 is 23.3 Å². The molecule has 4 heteroatoms. The van der Waals surface area contributed by atoms with Gasteiger partial charge in [-0.05, 0) is 31.2 Å². The van der Waals surface area contributed by atoms with Crippen molar-refractivity contribution in [2.45, 2.75) is 11.8 Å². The van der Waals surface area contributed by atoms with Gasteiger partial charge in [0.1, 0.15) is 5.75 Å². The maximum atomic E-state index is 12.6. The van der Waals surface area contributed by atoms with Crippen LogP contribution in [0.25, 0.3) is 0 Å². The van der Waals surface area contributed by atoms with E-state index in [-0.39, 0.29) is 11.6 Å². The maximum Gasteiger partial charge on any atom is 0.200 e. The highest BCUT2D eigenvalue weighted by atomic mass is 32.2. The van der Waals surface area contributed by atoms with Crippen LogP contribution in [-0.2, 0) is 0 Å². The Labute approximate surface area is 133 Å². The summed E-state index contributed by atoms with van der Waals surface area (Å²) in [6, 6.07) is 12.9. The van der Waals surface area contributed by atoms with Crippen LogP contribution in [0, 0.1) is 6.92 Å². The van der Waals surface area contributed by atoms with Gasteiger partial charge in [0.2, 0.25) is 5.78 Å². The second-order valence-corrected chi connectivity index (χ2v) is 6.12. The van der Waals surface area contributed by atoms with Gasteiger partial charge in [-0.15, -0.1) is 0 Å². The average molecular weight is 310 g/mol. The topological polar surface area (TPSA) is 43.4 Å². The third-order valence-electron chi connectivity index (χ3n) is 3.47. The molecular formula is C18H14O3S. The SMILES string of the molecule is COc1cccc2c1C(=O)C=C(Sc1ccc(C)cc1)C2=O. The first-order valence-corrected chi connectivity index (χ1v) is 7.64. The lowest BCUT2D eigenvalue weighted by molar-refractivity contribution is 0.0988. The molecule has 1 aliphatic rings. The number of ether oxygens (including phenoxy) is 1. The lowest BCUT2D eigenvalue weighted by atomic mass is 9.94. The Morgan fingerprint density at radius 1 is 1.00 bits per heavy atom. The van der Waals surface area contributed by atoms with Gasteiger partial charge in [-0.25, -0.2) is 0 Å². The zero-order chi connectivity index (χ0) is 15.7. The molecule has 0 unspecified atom stereocenters.